The molecule has 0 amide bonds. The largest absolute Gasteiger partial charge is 0.238 e. The summed E-state index contributed by atoms with van der Waals surface area (Å²) in [7, 11) is 0.123. The molecule has 0 saturated heterocycles. The summed E-state index contributed by atoms with van der Waals surface area (Å²) in [6.45, 7) is 0. The summed E-state index contributed by atoms with van der Waals surface area (Å²) in [4.78, 5) is 8.16. The fourth-order valence-electron chi connectivity index (χ4n) is 0.750. The Morgan fingerprint density at radius 3 is 3.50 bits per heavy atom. The van der Waals surface area contributed by atoms with Gasteiger partial charge in [0.1, 0.15) is 6.34 Å². The maximum Gasteiger partial charge on any atom is 0.116 e. The third-order valence-electron chi connectivity index (χ3n) is 1.22. The monoisotopic (exact) mass is 170 g/mol. The average molecular weight is 170 g/mol. The number of thioether (sulfide) groups is 1. The maximum atomic E-state index is 4.19. The van der Waals surface area contributed by atoms with Crippen molar-refractivity contribution >= 4 is 39.1 Å². The summed E-state index contributed by atoms with van der Waals surface area (Å²) < 4.78 is 0. The highest BCUT2D eigenvalue weighted by molar-refractivity contribution is 8.32. The third-order valence-corrected chi connectivity index (χ3v) is 3.92. The lowest BCUT2D eigenvalue weighted by Crippen LogP contribution is -2.04. The predicted molar refractivity (Wildman–Crippen MR) is 51.2 cm³/mol. The van der Waals surface area contributed by atoms with E-state index < -0.39 is 0 Å². The molecule has 1 unspecified atom stereocenters. The number of nitrogens with zero attached hydrogens (tertiary/aromatic N) is 2. The predicted octanol–water partition coefficient (Wildman–Crippen LogP) is 1.67. The van der Waals surface area contributed by atoms with Gasteiger partial charge in [-0.15, -0.1) is 11.8 Å². The van der Waals surface area contributed by atoms with Crippen molar-refractivity contribution in [3.63, 3.8) is 0 Å². The quantitative estimate of drug-likeness (QED) is 0.508. The highest BCUT2D eigenvalue weighted by Crippen LogP contribution is 2.28. The van der Waals surface area contributed by atoms with Gasteiger partial charge in [-0.2, -0.15) is 0 Å². The lowest BCUT2D eigenvalue weighted by Gasteiger charge is -2.11. The van der Waals surface area contributed by atoms with E-state index in [1.165, 1.54) is 5.04 Å². The molecule has 10 heavy (non-hydrogen) atoms. The summed E-state index contributed by atoms with van der Waals surface area (Å²) in [5.74, 6) is 1.03. The van der Waals surface area contributed by atoms with Crippen molar-refractivity contribution in [3.05, 3.63) is 10.8 Å². The minimum atomic E-state index is 0.123. The molecular formula is C6H6N2S2. The molecule has 1 atom stereocenters. The van der Waals surface area contributed by atoms with Crippen LogP contribution in [-0.4, -0.2) is 22.6 Å². The number of rotatable bonds is 0. The molecule has 0 aromatic rings. The molecule has 0 fully saturated rings. The maximum absolute atomic E-state index is 4.19. The van der Waals surface area contributed by atoms with E-state index in [4.69, 9.17) is 0 Å². The zero-order valence-corrected chi connectivity index (χ0v) is 6.86. The molecule has 2 aliphatic rings. The minimum Gasteiger partial charge on any atom is -0.238 e. The molecule has 0 saturated carbocycles. The van der Waals surface area contributed by atoms with Gasteiger partial charge >= 0.3 is 0 Å². The molecule has 2 nitrogen and oxygen atoms in total. The van der Waals surface area contributed by atoms with Crippen LogP contribution in [0, 0.1) is 0 Å². The molecule has 0 radical (unpaired) electrons. The van der Waals surface area contributed by atoms with Crippen LogP contribution in [0.4, 0.5) is 0 Å². The molecule has 0 aromatic heterocycles. The van der Waals surface area contributed by atoms with Crippen LogP contribution in [0.25, 0.3) is 0 Å². The topological polar surface area (TPSA) is 24.7 Å². The lowest BCUT2D eigenvalue weighted by atomic mass is 10.8. The van der Waals surface area contributed by atoms with Crippen LogP contribution in [0.2, 0.25) is 0 Å². The Labute approximate surface area is 66.1 Å². The SMILES string of the molecule is C1=CS2=CN=CN=C2CS1. The smallest absolute Gasteiger partial charge is 0.116 e. The Morgan fingerprint density at radius 1 is 1.60 bits per heavy atom. The van der Waals surface area contributed by atoms with E-state index in [1.807, 2.05) is 5.49 Å². The molecular weight excluding hydrogens is 164 g/mol. The molecule has 2 aliphatic heterocycles. The van der Waals surface area contributed by atoms with Crippen LogP contribution in [0.5, 0.6) is 0 Å². The molecule has 52 valence electrons. The Balaban J connectivity index is 2.43. The van der Waals surface area contributed by atoms with Gasteiger partial charge in [-0.25, -0.2) is 9.98 Å². The Morgan fingerprint density at radius 2 is 2.60 bits per heavy atom. The van der Waals surface area contributed by atoms with E-state index in [-0.39, 0.29) is 10.5 Å². The first-order valence-corrected chi connectivity index (χ1v) is 5.28. The molecule has 0 aliphatic carbocycles. The molecule has 0 bridgehead atoms. The van der Waals surface area contributed by atoms with Crippen LogP contribution in [0.1, 0.15) is 0 Å². The fraction of sp³-hybridized carbons (Fsp3) is 0.167. The van der Waals surface area contributed by atoms with Gasteiger partial charge in [-0.3, -0.25) is 0 Å². The van der Waals surface area contributed by atoms with E-state index in [9.17, 15) is 0 Å². The Hall–Kier alpha value is -0.350. The highest BCUT2D eigenvalue weighted by atomic mass is 32.2. The highest BCUT2D eigenvalue weighted by Gasteiger charge is 2.07. The van der Waals surface area contributed by atoms with Crippen LogP contribution >= 0.6 is 22.2 Å². The van der Waals surface area contributed by atoms with Crippen molar-refractivity contribution < 1.29 is 0 Å². The molecule has 0 aromatic carbocycles. The van der Waals surface area contributed by atoms with E-state index in [2.05, 4.69) is 20.8 Å². The summed E-state index contributed by atoms with van der Waals surface area (Å²) in [5.41, 5.74) is 1.96. The normalized spacial score (nSPS) is 28.8. The van der Waals surface area contributed by atoms with Crippen molar-refractivity contribution in [2.45, 2.75) is 0 Å². The fourth-order valence-corrected chi connectivity index (χ4v) is 3.31. The summed E-state index contributed by atoms with van der Waals surface area (Å²) in [6, 6.07) is 0. The lowest BCUT2D eigenvalue weighted by molar-refractivity contribution is 1.69. The van der Waals surface area contributed by atoms with Crippen molar-refractivity contribution in [2.24, 2.45) is 9.98 Å². The van der Waals surface area contributed by atoms with Crippen LogP contribution in [-0.2, 0) is 0 Å². The third kappa shape index (κ3) is 1.09. The van der Waals surface area contributed by atoms with Gasteiger partial charge in [-0.1, -0.05) is 10.5 Å². The van der Waals surface area contributed by atoms with E-state index in [0.29, 0.717) is 0 Å². The molecule has 2 rings (SSSR count). The summed E-state index contributed by atoms with van der Waals surface area (Å²) >= 11 is 1.79. The average Bonchev–Trinajstić information content (AvgIpc) is 2.05. The van der Waals surface area contributed by atoms with E-state index in [1.54, 1.807) is 18.1 Å². The van der Waals surface area contributed by atoms with Gasteiger partial charge in [0.15, 0.2) is 0 Å². The minimum absolute atomic E-state index is 0.123. The summed E-state index contributed by atoms with van der Waals surface area (Å²) in [5, 5.41) is 5.53. The second kappa shape index (κ2) is 2.72. The zero-order chi connectivity index (χ0) is 6.81. The first-order valence-electron chi connectivity index (χ1n) is 2.88. The number of hydrogen-bond acceptors (Lipinski definition) is 3. The Bertz CT molecular complexity index is 263. The van der Waals surface area contributed by atoms with E-state index >= 15 is 0 Å². The number of aliphatic imine (C=N–C) groups is 2. The van der Waals surface area contributed by atoms with Gasteiger partial charge in [0, 0.05) is 5.75 Å². The molecule has 2 heterocycles. The van der Waals surface area contributed by atoms with Crippen LogP contribution in [0.3, 0.4) is 0 Å². The molecule has 4 heteroatoms. The van der Waals surface area contributed by atoms with Gasteiger partial charge in [0.25, 0.3) is 0 Å². The number of hydrogen-bond donors (Lipinski definition) is 0. The van der Waals surface area contributed by atoms with Crippen molar-refractivity contribution in [2.75, 3.05) is 5.75 Å². The Kier molecular flexibility index (Phi) is 1.73. The second-order valence-corrected chi connectivity index (χ2v) is 4.44. The summed E-state index contributed by atoms with van der Waals surface area (Å²) in [6.07, 6.45) is 1.62. The number of fused-ring (bicyclic) bond motifs is 1. The van der Waals surface area contributed by atoms with Gasteiger partial charge in [-0.05, 0) is 10.8 Å². The first kappa shape index (κ1) is 6.37. The van der Waals surface area contributed by atoms with E-state index in [0.717, 1.165) is 5.75 Å². The van der Waals surface area contributed by atoms with Crippen LogP contribution in [0.15, 0.2) is 20.8 Å². The zero-order valence-electron chi connectivity index (χ0n) is 5.23. The molecule has 0 spiro atoms. The standard InChI is InChI=1S/C6H6N2S2/c1-2-10-5-7-4-8-6(10)3-9-1/h1-2,4-5H,3H2. The van der Waals surface area contributed by atoms with Crippen molar-refractivity contribution in [1.82, 2.24) is 0 Å². The van der Waals surface area contributed by atoms with Gasteiger partial charge in [0.05, 0.1) is 10.5 Å². The van der Waals surface area contributed by atoms with Gasteiger partial charge in [0.2, 0.25) is 0 Å². The molecule has 0 N–H and O–H groups in total. The van der Waals surface area contributed by atoms with Crippen LogP contribution < -0.4 is 0 Å². The van der Waals surface area contributed by atoms with Crippen molar-refractivity contribution in [3.8, 4) is 0 Å². The first-order chi connectivity index (χ1) is 4.97. The van der Waals surface area contributed by atoms with Gasteiger partial charge < -0.3 is 0 Å². The second-order valence-electron chi connectivity index (χ2n) is 1.85. The van der Waals surface area contributed by atoms with Crippen molar-refractivity contribution in [1.29, 1.82) is 0 Å².